The molecule has 4 heteroatoms. The van der Waals surface area contributed by atoms with Crippen molar-refractivity contribution in [3.05, 3.63) is 5.41 Å². The van der Waals surface area contributed by atoms with E-state index in [9.17, 15) is 0 Å². The van der Waals surface area contributed by atoms with E-state index >= 15 is 0 Å². The van der Waals surface area contributed by atoms with Crippen LogP contribution in [0.2, 0.25) is 0 Å². The lowest BCUT2D eigenvalue weighted by atomic mass is 10.2. The van der Waals surface area contributed by atoms with Gasteiger partial charge in [0.2, 0.25) is 0 Å². The lowest BCUT2D eigenvalue weighted by Crippen LogP contribution is -2.07. The molecule has 0 aliphatic rings. The van der Waals surface area contributed by atoms with Gasteiger partial charge in [-0.05, 0) is 33.6 Å². The molecule has 0 aromatic rings. The largest absolute Gasteiger partial charge is 0.422 e. The van der Waals surface area contributed by atoms with E-state index < -0.39 is 7.26 Å². The van der Waals surface area contributed by atoms with E-state index in [4.69, 9.17) is 10.7 Å². The molecule has 0 atom stereocenters. The van der Waals surface area contributed by atoms with Gasteiger partial charge in [-0.3, -0.25) is 0 Å². The van der Waals surface area contributed by atoms with Crippen molar-refractivity contribution in [1.82, 2.24) is 0 Å². The maximum Gasteiger partial charge on any atom is 0.0925 e. The third-order valence-corrected chi connectivity index (χ3v) is 8.89. The molecule has 0 spiro atoms. The molecule has 0 unspecified atom stereocenters. The number of nitriles is 1. The van der Waals surface area contributed by atoms with Gasteiger partial charge in [0.25, 0.3) is 0 Å². The molecular weight excluding hydrogens is 241 g/mol. The van der Waals surface area contributed by atoms with Crippen molar-refractivity contribution in [3.8, 4) is 6.19 Å². The Bertz CT molecular complexity index is 252. The van der Waals surface area contributed by atoms with Gasteiger partial charge in [0, 0.05) is 7.26 Å². The fraction of sp³-hybridized carbons (Fsp3) is 0.857. The van der Waals surface area contributed by atoms with Gasteiger partial charge in [-0.2, -0.15) is 5.26 Å². The molecule has 0 N–H and O–H groups in total. The highest BCUT2D eigenvalue weighted by Crippen LogP contribution is 2.58. The van der Waals surface area contributed by atoms with Crippen LogP contribution in [0.25, 0.3) is 5.41 Å². The van der Waals surface area contributed by atoms with E-state index in [1.807, 2.05) is 0 Å². The second kappa shape index (κ2) is 14.4. The average Bonchev–Trinajstić information content (AvgIpc) is 2.42. The second-order valence-corrected chi connectivity index (χ2v) is 9.41. The number of hydrogen-bond acceptors (Lipinski definition) is 2. The van der Waals surface area contributed by atoms with Gasteiger partial charge < -0.3 is 10.4 Å². The summed E-state index contributed by atoms with van der Waals surface area (Å²) in [6.07, 6.45) is 13.1. The molecule has 0 amide bonds. The highest BCUT2D eigenvalue weighted by atomic mass is 31.2. The van der Waals surface area contributed by atoms with Crippen molar-refractivity contribution in [2.75, 3.05) is 24.6 Å². The summed E-state index contributed by atoms with van der Waals surface area (Å²) in [7, 11) is -0.479. The van der Waals surface area contributed by atoms with Crippen molar-refractivity contribution in [2.45, 2.75) is 53.4 Å². The molecule has 0 aromatic heterocycles. The van der Waals surface area contributed by atoms with Crippen LogP contribution < -0.4 is 0 Å². The Balaban J connectivity index is 0. The van der Waals surface area contributed by atoms with Crippen LogP contribution in [0.15, 0.2) is 4.99 Å². The molecule has 3 nitrogen and oxygen atoms in total. The number of rotatable bonds is 8. The molecular formula is C14H28N3P. The van der Waals surface area contributed by atoms with E-state index in [0.29, 0.717) is 0 Å². The van der Waals surface area contributed by atoms with E-state index in [1.165, 1.54) is 56.4 Å². The first kappa shape index (κ1) is 19.6. The van der Waals surface area contributed by atoms with E-state index in [1.54, 1.807) is 6.16 Å². The summed E-state index contributed by atoms with van der Waals surface area (Å²) in [5.41, 5.74) is 0. The molecule has 0 fully saturated rings. The minimum absolute atomic E-state index is 0.479. The summed E-state index contributed by atoms with van der Waals surface area (Å²) in [5.74, 6) is 0. The second-order valence-electron chi connectivity index (χ2n) is 4.39. The van der Waals surface area contributed by atoms with Gasteiger partial charge in [-0.15, -0.1) is 6.01 Å². The molecule has 0 saturated carbocycles. The van der Waals surface area contributed by atoms with Crippen LogP contribution in [0.1, 0.15) is 53.4 Å². The monoisotopic (exact) mass is 269 g/mol. The average molecular weight is 269 g/mol. The molecule has 0 saturated heterocycles. The van der Waals surface area contributed by atoms with Gasteiger partial charge in [-0.1, -0.05) is 19.8 Å². The number of nitrogens with zero attached hydrogens (tertiary/aromatic N) is 3. The molecule has 0 aliphatic heterocycles. The Morgan fingerprint density at radius 2 is 1.56 bits per heavy atom. The van der Waals surface area contributed by atoms with Crippen molar-refractivity contribution in [3.63, 3.8) is 0 Å². The summed E-state index contributed by atoms with van der Waals surface area (Å²) < 4.78 is 0. The van der Waals surface area contributed by atoms with Crippen LogP contribution in [0, 0.1) is 11.5 Å². The third kappa shape index (κ3) is 10.5. The van der Waals surface area contributed by atoms with Crippen molar-refractivity contribution >= 4 is 13.3 Å². The standard InChI is InChI=1S/C12H28P.C2N3/c1-5-9-10-11-12-13(6-2,7-3)8-4;3-1-5-2-4/h5-12H2,1-4H3;/q+1;-1. The number of aliphatic imine (C=N–C) groups is 1. The SMILES string of the molecule is CCCCCC[P+](CC)(CC)CC.N#CN=C=[N-]. The Morgan fingerprint density at radius 1 is 1.00 bits per heavy atom. The Hall–Kier alpha value is -0.700. The van der Waals surface area contributed by atoms with Crippen LogP contribution in [0.4, 0.5) is 0 Å². The molecule has 18 heavy (non-hydrogen) atoms. The van der Waals surface area contributed by atoms with Crippen LogP contribution >= 0.6 is 7.26 Å². The van der Waals surface area contributed by atoms with Gasteiger partial charge in [-0.25, -0.2) is 0 Å². The van der Waals surface area contributed by atoms with Crippen LogP contribution in [-0.2, 0) is 0 Å². The van der Waals surface area contributed by atoms with Crippen molar-refractivity contribution in [2.24, 2.45) is 4.99 Å². The Morgan fingerprint density at radius 3 is 1.83 bits per heavy atom. The third-order valence-electron chi connectivity index (χ3n) is 3.60. The van der Waals surface area contributed by atoms with Crippen LogP contribution in [0.5, 0.6) is 0 Å². The summed E-state index contributed by atoms with van der Waals surface area (Å²) in [6.45, 7) is 9.50. The fourth-order valence-electron chi connectivity index (χ4n) is 2.04. The molecule has 0 rings (SSSR count). The highest BCUT2D eigenvalue weighted by Gasteiger charge is 2.29. The summed E-state index contributed by atoms with van der Waals surface area (Å²) in [6, 6.07) is 1.28. The van der Waals surface area contributed by atoms with Crippen molar-refractivity contribution in [1.29, 1.82) is 5.26 Å². The zero-order chi connectivity index (χ0) is 14.3. The normalized spacial score (nSPS) is 9.72. The topological polar surface area (TPSA) is 58.5 Å². The first-order chi connectivity index (χ1) is 8.66. The molecule has 0 heterocycles. The lowest BCUT2D eigenvalue weighted by molar-refractivity contribution is 0.703. The van der Waals surface area contributed by atoms with Gasteiger partial charge in [0.15, 0.2) is 0 Å². The fourth-order valence-corrected chi connectivity index (χ4v) is 5.23. The van der Waals surface area contributed by atoms with E-state index in [0.717, 1.165) is 0 Å². The quantitative estimate of drug-likeness (QED) is 0.269. The van der Waals surface area contributed by atoms with Crippen LogP contribution in [0.3, 0.4) is 0 Å². The zero-order valence-corrected chi connectivity index (χ0v) is 13.3. The Labute approximate surface area is 114 Å². The molecule has 0 aliphatic carbocycles. The first-order valence-electron chi connectivity index (χ1n) is 6.99. The smallest absolute Gasteiger partial charge is 0.0925 e. The predicted octanol–water partition coefficient (Wildman–Crippen LogP) is 4.85. The first-order valence-corrected chi connectivity index (χ1v) is 9.52. The zero-order valence-electron chi connectivity index (χ0n) is 12.4. The number of unbranched alkanes of at least 4 members (excludes halogenated alkanes) is 3. The van der Waals surface area contributed by atoms with Gasteiger partial charge in [0.05, 0.1) is 30.8 Å². The van der Waals surface area contributed by atoms with Gasteiger partial charge >= 0.3 is 0 Å². The predicted molar refractivity (Wildman–Crippen MR) is 84.0 cm³/mol. The minimum Gasteiger partial charge on any atom is -0.422 e. The maximum absolute atomic E-state index is 7.43. The minimum atomic E-state index is -0.479. The van der Waals surface area contributed by atoms with Gasteiger partial charge in [0.1, 0.15) is 0 Å². The lowest BCUT2D eigenvalue weighted by Gasteiger charge is -2.23. The number of hydrogen-bond donors (Lipinski definition) is 0. The van der Waals surface area contributed by atoms with E-state index in [2.05, 4.69) is 32.7 Å². The summed E-state index contributed by atoms with van der Waals surface area (Å²) >= 11 is 0. The van der Waals surface area contributed by atoms with Crippen molar-refractivity contribution < 1.29 is 0 Å². The van der Waals surface area contributed by atoms with E-state index in [-0.39, 0.29) is 0 Å². The Kier molecular flexibility index (Phi) is 15.7. The summed E-state index contributed by atoms with van der Waals surface area (Å²) in [4.78, 5) is 2.58. The summed E-state index contributed by atoms with van der Waals surface area (Å²) in [5, 5.41) is 14.9. The van der Waals surface area contributed by atoms with Crippen LogP contribution in [-0.4, -0.2) is 30.7 Å². The highest BCUT2D eigenvalue weighted by molar-refractivity contribution is 7.75. The molecule has 0 aromatic carbocycles. The molecule has 0 radical (unpaired) electrons. The molecule has 104 valence electrons. The molecule has 0 bridgehead atoms. The maximum atomic E-state index is 7.43.